The van der Waals surface area contributed by atoms with E-state index in [0.29, 0.717) is 0 Å². The molecule has 0 amide bonds. The molecule has 72 valence electrons. The lowest BCUT2D eigenvalue weighted by atomic mass is 10.4. The van der Waals surface area contributed by atoms with Gasteiger partial charge in [0.15, 0.2) is 0 Å². The summed E-state index contributed by atoms with van der Waals surface area (Å²) in [7, 11) is 0.693. The van der Waals surface area contributed by atoms with Gasteiger partial charge in [-0.2, -0.15) is 0 Å². The second kappa shape index (κ2) is 4.27. The Balaban J connectivity index is 2.93. The molecular formula is C10H16ClNSi. The topological polar surface area (TPSA) is 12.0 Å². The zero-order chi connectivity index (χ0) is 9.90. The van der Waals surface area contributed by atoms with Crippen LogP contribution in [0.25, 0.3) is 0 Å². The number of rotatable bonds is 3. The van der Waals surface area contributed by atoms with Crippen molar-refractivity contribution in [1.82, 2.24) is 5.32 Å². The third-order valence-electron chi connectivity index (χ3n) is 2.22. The highest BCUT2D eigenvalue weighted by Crippen LogP contribution is 2.08. The minimum absolute atomic E-state index is 0.842. The highest BCUT2D eigenvalue weighted by atomic mass is 35.5. The first-order valence-electron chi connectivity index (χ1n) is 4.47. The van der Waals surface area contributed by atoms with Crippen LogP contribution in [0.1, 0.15) is 0 Å². The SMILES string of the molecule is CNC[Si](C)(C)c1cccc(Cl)c1. The molecule has 0 unspecified atom stereocenters. The minimum Gasteiger partial charge on any atom is -0.322 e. The predicted octanol–water partition coefficient (Wildman–Crippen LogP) is 2.01. The van der Waals surface area contributed by atoms with E-state index in [0.717, 1.165) is 11.2 Å². The highest BCUT2D eigenvalue weighted by Gasteiger charge is 2.22. The van der Waals surface area contributed by atoms with Crippen LogP contribution in [0.3, 0.4) is 0 Å². The zero-order valence-corrected chi connectivity index (χ0v) is 10.2. The molecule has 0 fully saturated rings. The Morgan fingerprint density at radius 1 is 1.38 bits per heavy atom. The van der Waals surface area contributed by atoms with E-state index in [9.17, 15) is 0 Å². The molecule has 0 radical (unpaired) electrons. The van der Waals surface area contributed by atoms with Crippen molar-refractivity contribution in [3.05, 3.63) is 29.3 Å². The zero-order valence-electron chi connectivity index (χ0n) is 8.39. The molecular weight excluding hydrogens is 198 g/mol. The van der Waals surface area contributed by atoms with E-state index < -0.39 is 8.07 Å². The summed E-state index contributed by atoms with van der Waals surface area (Å²) < 4.78 is 0. The maximum Gasteiger partial charge on any atom is 0.0945 e. The Labute approximate surface area is 86.1 Å². The van der Waals surface area contributed by atoms with Crippen LogP contribution in [0, 0.1) is 0 Å². The van der Waals surface area contributed by atoms with Crippen LogP contribution < -0.4 is 10.5 Å². The molecule has 1 rings (SSSR count). The lowest BCUT2D eigenvalue weighted by Gasteiger charge is -2.22. The minimum atomic E-state index is -1.31. The molecule has 13 heavy (non-hydrogen) atoms. The van der Waals surface area contributed by atoms with Crippen LogP contribution in [0.15, 0.2) is 24.3 Å². The smallest absolute Gasteiger partial charge is 0.0945 e. The lowest BCUT2D eigenvalue weighted by Crippen LogP contribution is -2.49. The molecule has 1 N–H and O–H groups in total. The first-order valence-corrected chi connectivity index (χ1v) is 8.05. The first-order chi connectivity index (χ1) is 6.06. The van der Waals surface area contributed by atoms with Gasteiger partial charge in [-0.25, -0.2) is 0 Å². The number of nitrogens with one attached hydrogen (secondary N) is 1. The molecule has 0 aliphatic heterocycles. The third-order valence-corrected chi connectivity index (χ3v) is 5.57. The Hall–Kier alpha value is -0.313. The van der Waals surface area contributed by atoms with Crippen molar-refractivity contribution in [2.75, 3.05) is 13.2 Å². The van der Waals surface area contributed by atoms with E-state index in [4.69, 9.17) is 11.6 Å². The predicted molar refractivity (Wildman–Crippen MR) is 62.5 cm³/mol. The maximum absolute atomic E-state index is 5.95. The molecule has 0 heterocycles. The van der Waals surface area contributed by atoms with Crippen LogP contribution in [0.2, 0.25) is 18.1 Å². The van der Waals surface area contributed by atoms with Crippen LogP contribution in [0.4, 0.5) is 0 Å². The molecule has 0 saturated carbocycles. The molecule has 3 heteroatoms. The van der Waals surface area contributed by atoms with Crippen molar-refractivity contribution in [2.24, 2.45) is 0 Å². The van der Waals surface area contributed by atoms with Gasteiger partial charge >= 0.3 is 0 Å². The van der Waals surface area contributed by atoms with Crippen molar-refractivity contribution in [3.63, 3.8) is 0 Å². The van der Waals surface area contributed by atoms with E-state index in [1.165, 1.54) is 5.19 Å². The summed E-state index contributed by atoms with van der Waals surface area (Å²) in [6.07, 6.45) is 1.09. The highest BCUT2D eigenvalue weighted by molar-refractivity contribution is 6.90. The molecule has 0 aliphatic rings. The normalized spacial score (nSPS) is 11.7. The van der Waals surface area contributed by atoms with Crippen molar-refractivity contribution >= 4 is 24.9 Å². The Morgan fingerprint density at radius 2 is 2.08 bits per heavy atom. The average molecular weight is 214 g/mol. The van der Waals surface area contributed by atoms with Gasteiger partial charge < -0.3 is 5.32 Å². The Bertz CT molecular complexity index is 286. The van der Waals surface area contributed by atoms with Gasteiger partial charge in [-0.3, -0.25) is 0 Å². The second-order valence-electron chi connectivity index (χ2n) is 3.92. The lowest BCUT2D eigenvalue weighted by molar-refractivity contribution is 0.950. The van der Waals surface area contributed by atoms with E-state index in [2.05, 4.69) is 30.5 Å². The summed E-state index contributed by atoms with van der Waals surface area (Å²) in [6, 6.07) is 8.22. The largest absolute Gasteiger partial charge is 0.322 e. The monoisotopic (exact) mass is 213 g/mol. The van der Waals surface area contributed by atoms with Crippen molar-refractivity contribution in [2.45, 2.75) is 13.1 Å². The summed E-state index contributed by atoms with van der Waals surface area (Å²) in [4.78, 5) is 0. The number of hydrogen-bond acceptors (Lipinski definition) is 1. The Kier molecular flexibility index (Phi) is 3.53. The maximum atomic E-state index is 5.95. The van der Waals surface area contributed by atoms with Gasteiger partial charge in [0.05, 0.1) is 8.07 Å². The van der Waals surface area contributed by atoms with Gasteiger partial charge in [-0.05, 0) is 25.3 Å². The number of benzene rings is 1. The van der Waals surface area contributed by atoms with Crippen LogP contribution in [-0.2, 0) is 0 Å². The van der Waals surface area contributed by atoms with Gasteiger partial charge in [0, 0.05) is 5.02 Å². The molecule has 1 aromatic carbocycles. The van der Waals surface area contributed by atoms with E-state index in [-0.39, 0.29) is 0 Å². The summed E-state index contributed by atoms with van der Waals surface area (Å²) >= 11 is 5.95. The molecule has 1 aromatic rings. The molecule has 0 spiro atoms. The molecule has 0 atom stereocenters. The standard InChI is InChI=1S/C10H16ClNSi/c1-12-8-13(2,3)10-6-4-5-9(11)7-10/h4-7,12H,8H2,1-3H3. The number of halogens is 1. The van der Waals surface area contributed by atoms with E-state index >= 15 is 0 Å². The van der Waals surface area contributed by atoms with Gasteiger partial charge in [0.2, 0.25) is 0 Å². The average Bonchev–Trinajstić information content (AvgIpc) is 2.04. The van der Waals surface area contributed by atoms with Gasteiger partial charge in [-0.1, -0.05) is 42.0 Å². The molecule has 0 saturated heterocycles. The van der Waals surface area contributed by atoms with Gasteiger partial charge in [-0.15, -0.1) is 0 Å². The fraction of sp³-hybridized carbons (Fsp3) is 0.400. The molecule has 0 aromatic heterocycles. The van der Waals surface area contributed by atoms with Crippen LogP contribution in [0.5, 0.6) is 0 Å². The van der Waals surface area contributed by atoms with E-state index in [1.54, 1.807) is 0 Å². The summed E-state index contributed by atoms with van der Waals surface area (Å²) in [5, 5.41) is 5.50. The fourth-order valence-electron chi connectivity index (χ4n) is 1.45. The van der Waals surface area contributed by atoms with Crippen molar-refractivity contribution in [1.29, 1.82) is 0 Å². The fourth-order valence-corrected chi connectivity index (χ4v) is 3.92. The van der Waals surface area contributed by atoms with Crippen LogP contribution >= 0.6 is 11.6 Å². The second-order valence-corrected chi connectivity index (χ2v) is 9.06. The Morgan fingerprint density at radius 3 is 2.62 bits per heavy atom. The first kappa shape index (κ1) is 10.8. The number of hydrogen-bond donors (Lipinski definition) is 1. The van der Waals surface area contributed by atoms with Crippen molar-refractivity contribution < 1.29 is 0 Å². The summed E-state index contributed by atoms with van der Waals surface area (Å²) in [5.41, 5.74) is 0. The summed E-state index contributed by atoms with van der Waals surface area (Å²) in [6.45, 7) is 4.68. The van der Waals surface area contributed by atoms with E-state index in [1.807, 2.05) is 19.2 Å². The van der Waals surface area contributed by atoms with Crippen LogP contribution in [-0.4, -0.2) is 21.3 Å². The van der Waals surface area contributed by atoms with Gasteiger partial charge in [0.25, 0.3) is 0 Å². The summed E-state index contributed by atoms with van der Waals surface area (Å²) in [5.74, 6) is 0. The molecule has 1 nitrogen and oxygen atoms in total. The molecule has 0 bridgehead atoms. The molecule has 0 aliphatic carbocycles. The van der Waals surface area contributed by atoms with Gasteiger partial charge in [0.1, 0.15) is 0 Å². The third kappa shape index (κ3) is 2.83. The quantitative estimate of drug-likeness (QED) is 0.758. The van der Waals surface area contributed by atoms with Crippen molar-refractivity contribution in [3.8, 4) is 0 Å².